The summed E-state index contributed by atoms with van der Waals surface area (Å²) in [6.45, 7) is 3.83. The highest BCUT2D eigenvalue weighted by molar-refractivity contribution is 5.76. The summed E-state index contributed by atoms with van der Waals surface area (Å²) in [5.41, 5.74) is 0. The van der Waals surface area contributed by atoms with Gasteiger partial charge in [-0.05, 0) is 14.0 Å². The molecule has 1 heterocycles. The molecule has 2 atom stereocenters. The van der Waals surface area contributed by atoms with E-state index < -0.39 is 0 Å². The van der Waals surface area contributed by atoms with Crippen molar-refractivity contribution in [2.75, 3.05) is 27.2 Å². The van der Waals surface area contributed by atoms with Crippen LogP contribution < -0.4 is 5.32 Å². The summed E-state index contributed by atoms with van der Waals surface area (Å²) in [6.07, 6.45) is 0. The fraction of sp³-hybridized carbons (Fsp3) is 0.875. The van der Waals surface area contributed by atoms with Gasteiger partial charge in [0.25, 0.3) is 0 Å². The molecule has 1 aliphatic rings. The number of ether oxygens (including phenoxy) is 1. The van der Waals surface area contributed by atoms with Crippen LogP contribution in [0.25, 0.3) is 0 Å². The summed E-state index contributed by atoms with van der Waals surface area (Å²) < 4.78 is 4.71. The molecule has 0 aromatic carbocycles. The molecule has 0 radical (unpaired) electrons. The number of carbonyl (C=O) groups is 1. The molecule has 0 saturated carbocycles. The summed E-state index contributed by atoms with van der Waals surface area (Å²) in [5.74, 6) is -0.155. The number of rotatable bonds is 1. The first-order chi connectivity index (χ1) is 5.66. The highest BCUT2D eigenvalue weighted by atomic mass is 16.5. The Morgan fingerprint density at radius 3 is 2.83 bits per heavy atom. The Morgan fingerprint density at radius 2 is 2.33 bits per heavy atom. The fourth-order valence-electron chi connectivity index (χ4n) is 1.61. The summed E-state index contributed by atoms with van der Waals surface area (Å²) >= 11 is 0. The van der Waals surface area contributed by atoms with Crippen molar-refractivity contribution in [3.8, 4) is 0 Å². The van der Waals surface area contributed by atoms with Gasteiger partial charge in [-0.3, -0.25) is 9.69 Å². The topological polar surface area (TPSA) is 41.6 Å². The second-order valence-electron chi connectivity index (χ2n) is 3.19. The van der Waals surface area contributed by atoms with Crippen molar-refractivity contribution in [1.29, 1.82) is 0 Å². The van der Waals surface area contributed by atoms with E-state index >= 15 is 0 Å². The number of methoxy groups -OCH3 is 1. The van der Waals surface area contributed by atoms with Gasteiger partial charge >= 0.3 is 5.97 Å². The zero-order valence-electron chi connectivity index (χ0n) is 7.83. The van der Waals surface area contributed by atoms with Gasteiger partial charge < -0.3 is 10.1 Å². The number of nitrogens with one attached hydrogen (secondary N) is 1. The van der Waals surface area contributed by atoms with Crippen LogP contribution in [0.4, 0.5) is 0 Å². The van der Waals surface area contributed by atoms with E-state index in [4.69, 9.17) is 4.74 Å². The van der Waals surface area contributed by atoms with Gasteiger partial charge in [0, 0.05) is 19.1 Å². The molecule has 0 amide bonds. The third-order valence-electron chi connectivity index (χ3n) is 2.32. The van der Waals surface area contributed by atoms with Crippen molar-refractivity contribution >= 4 is 5.97 Å². The summed E-state index contributed by atoms with van der Waals surface area (Å²) in [7, 11) is 3.37. The van der Waals surface area contributed by atoms with Crippen molar-refractivity contribution in [2.24, 2.45) is 0 Å². The molecule has 0 spiro atoms. The van der Waals surface area contributed by atoms with Crippen LogP contribution in [0.5, 0.6) is 0 Å². The van der Waals surface area contributed by atoms with Crippen LogP contribution in [0, 0.1) is 0 Å². The largest absolute Gasteiger partial charge is 0.468 e. The van der Waals surface area contributed by atoms with E-state index in [0.29, 0.717) is 0 Å². The Bertz CT molecular complexity index is 162. The summed E-state index contributed by atoms with van der Waals surface area (Å²) in [5, 5.41) is 3.24. The van der Waals surface area contributed by atoms with Crippen LogP contribution in [-0.2, 0) is 9.53 Å². The lowest BCUT2D eigenvalue weighted by Gasteiger charge is -2.35. The van der Waals surface area contributed by atoms with E-state index in [2.05, 4.69) is 5.32 Å². The highest BCUT2D eigenvalue weighted by Gasteiger charge is 2.32. The molecule has 4 heteroatoms. The molecular formula is C8H16N2O2. The number of carbonyl (C=O) groups excluding carboxylic acids is 1. The number of esters is 1. The number of hydrogen-bond acceptors (Lipinski definition) is 4. The Hall–Kier alpha value is -0.610. The van der Waals surface area contributed by atoms with Crippen molar-refractivity contribution in [3.63, 3.8) is 0 Å². The van der Waals surface area contributed by atoms with Gasteiger partial charge in [-0.2, -0.15) is 0 Å². The van der Waals surface area contributed by atoms with Crippen LogP contribution in [0.1, 0.15) is 6.92 Å². The quantitative estimate of drug-likeness (QED) is 0.539. The zero-order chi connectivity index (χ0) is 9.14. The molecule has 1 aliphatic heterocycles. The standard InChI is InChI=1S/C8H16N2O2/c1-6-7(8(11)12-3)10(2)5-4-9-6/h6-7,9H,4-5H2,1-3H3. The third-order valence-corrected chi connectivity index (χ3v) is 2.32. The predicted molar refractivity (Wildman–Crippen MR) is 45.9 cm³/mol. The maximum Gasteiger partial charge on any atom is 0.324 e. The smallest absolute Gasteiger partial charge is 0.324 e. The van der Waals surface area contributed by atoms with Crippen LogP contribution >= 0.6 is 0 Å². The lowest BCUT2D eigenvalue weighted by Crippen LogP contribution is -2.58. The molecule has 1 rings (SSSR count). The Balaban J connectivity index is 2.62. The summed E-state index contributed by atoms with van der Waals surface area (Å²) in [6, 6.07) is 0.0416. The minimum absolute atomic E-state index is 0.135. The molecule has 2 unspecified atom stereocenters. The van der Waals surface area contributed by atoms with Crippen LogP contribution in [0.15, 0.2) is 0 Å². The molecule has 0 aromatic rings. The van der Waals surface area contributed by atoms with Crippen LogP contribution in [0.3, 0.4) is 0 Å². The van der Waals surface area contributed by atoms with Crippen LogP contribution in [-0.4, -0.2) is 50.2 Å². The molecule has 1 N–H and O–H groups in total. The minimum atomic E-state index is -0.155. The number of nitrogens with zero attached hydrogens (tertiary/aromatic N) is 1. The highest BCUT2D eigenvalue weighted by Crippen LogP contribution is 2.08. The van der Waals surface area contributed by atoms with E-state index in [0.717, 1.165) is 13.1 Å². The van der Waals surface area contributed by atoms with E-state index in [1.54, 1.807) is 0 Å². The van der Waals surface area contributed by atoms with Gasteiger partial charge in [-0.25, -0.2) is 0 Å². The second-order valence-corrected chi connectivity index (χ2v) is 3.19. The maximum absolute atomic E-state index is 11.3. The monoisotopic (exact) mass is 172 g/mol. The van der Waals surface area contributed by atoms with Gasteiger partial charge in [-0.1, -0.05) is 0 Å². The average molecular weight is 172 g/mol. The van der Waals surface area contributed by atoms with Gasteiger partial charge in [-0.15, -0.1) is 0 Å². The summed E-state index contributed by atoms with van der Waals surface area (Å²) in [4.78, 5) is 13.3. The van der Waals surface area contributed by atoms with Gasteiger partial charge in [0.15, 0.2) is 0 Å². The predicted octanol–water partition coefficient (Wildman–Crippen LogP) is -0.548. The van der Waals surface area contributed by atoms with E-state index in [1.165, 1.54) is 7.11 Å². The lowest BCUT2D eigenvalue weighted by atomic mass is 10.1. The second kappa shape index (κ2) is 3.87. The van der Waals surface area contributed by atoms with Gasteiger partial charge in [0.05, 0.1) is 7.11 Å². The Morgan fingerprint density at radius 1 is 1.67 bits per heavy atom. The SMILES string of the molecule is COC(=O)C1C(C)NCCN1C. The Labute approximate surface area is 72.9 Å². The van der Waals surface area contributed by atoms with Crippen LogP contribution in [0.2, 0.25) is 0 Å². The van der Waals surface area contributed by atoms with E-state index in [-0.39, 0.29) is 18.1 Å². The molecule has 1 saturated heterocycles. The Kier molecular flexibility index (Phi) is 3.05. The lowest BCUT2D eigenvalue weighted by molar-refractivity contribution is -0.148. The fourth-order valence-corrected chi connectivity index (χ4v) is 1.61. The minimum Gasteiger partial charge on any atom is -0.468 e. The molecule has 70 valence electrons. The molecule has 0 aliphatic carbocycles. The molecule has 0 aromatic heterocycles. The van der Waals surface area contributed by atoms with Crippen molar-refractivity contribution in [2.45, 2.75) is 19.0 Å². The van der Waals surface area contributed by atoms with E-state index in [9.17, 15) is 4.79 Å². The number of piperazine rings is 1. The molecule has 0 bridgehead atoms. The molecule has 4 nitrogen and oxygen atoms in total. The third kappa shape index (κ3) is 1.76. The van der Waals surface area contributed by atoms with Gasteiger partial charge in [0.1, 0.15) is 6.04 Å². The zero-order valence-corrected chi connectivity index (χ0v) is 7.83. The first kappa shape index (κ1) is 9.48. The number of hydrogen-bond donors (Lipinski definition) is 1. The average Bonchev–Trinajstić information content (AvgIpc) is 2.03. The number of likely N-dealkylation sites (N-methyl/N-ethyl adjacent to an activating group) is 1. The first-order valence-electron chi connectivity index (χ1n) is 4.18. The maximum atomic E-state index is 11.3. The molecule has 12 heavy (non-hydrogen) atoms. The van der Waals surface area contributed by atoms with Crippen molar-refractivity contribution in [3.05, 3.63) is 0 Å². The molecular weight excluding hydrogens is 156 g/mol. The first-order valence-corrected chi connectivity index (χ1v) is 4.18. The van der Waals surface area contributed by atoms with Crippen molar-refractivity contribution in [1.82, 2.24) is 10.2 Å². The van der Waals surface area contributed by atoms with E-state index in [1.807, 2.05) is 18.9 Å². The van der Waals surface area contributed by atoms with Gasteiger partial charge in [0.2, 0.25) is 0 Å². The van der Waals surface area contributed by atoms with Crippen molar-refractivity contribution < 1.29 is 9.53 Å². The normalized spacial score (nSPS) is 31.6. The molecule has 1 fully saturated rings.